The van der Waals surface area contributed by atoms with Crippen LogP contribution in [-0.4, -0.2) is 57.3 Å². The average Bonchev–Trinajstić information content (AvgIpc) is 3.37. The summed E-state index contributed by atoms with van der Waals surface area (Å²) in [7, 11) is -1.17. The number of rotatable bonds is 7. The monoisotopic (exact) mass is 636 g/mol. The van der Waals surface area contributed by atoms with Gasteiger partial charge < -0.3 is 19.9 Å². The highest BCUT2D eigenvalue weighted by Gasteiger charge is 2.62. The van der Waals surface area contributed by atoms with E-state index in [1.807, 2.05) is 25.3 Å². The molecule has 3 aromatic rings. The van der Waals surface area contributed by atoms with Crippen LogP contribution in [0.2, 0.25) is 13.1 Å². The van der Waals surface area contributed by atoms with Crippen LogP contribution in [0.4, 0.5) is 5.82 Å². The van der Waals surface area contributed by atoms with Crippen LogP contribution < -0.4 is 5.32 Å². The van der Waals surface area contributed by atoms with Gasteiger partial charge in [-0.3, -0.25) is 4.57 Å². The molecule has 1 aliphatic heterocycles. The van der Waals surface area contributed by atoms with Crippen molar-refractivity contribution in [3.05, 3.63) is 46.1 Å². The summed E-state index contributed by atoms with van der Waals surface area (Å²) in [6, 6.07) is 8.38. The van der Waals surface area contributed by atoms with Crippen molar-refractivity contribution in [2.24, 2.45) is 5.41 Å². The molecule has 1 radical (unpaired) electrons. The maximum atomic E-state index is 12.2. The smallest absolute Gasteiger partial charge is 0.167 e. The highest BCUT2D eigenvalue weighted by molar-refractivity contribution is 14.1. The lowest BCUT2D eigenvalue weighted by Gasteiger charge is -2.41. The first kappa shape index (κ1) is 28.4. The van der Waals surface area contributed by atoms with Crippen molar-refractivity contribution in [2.45, 2.75) is 90.3 Å². The Kier molecular flexibility index (Phi) is 7.81. The van der Waals surface area contributed by atoms with E-state index in [2.05, 4.69) is 96.0 Å². The van der Waals surface area contributed by atoms with Gasteiger partial charge >= 0.3 is 0 Å². The maximum absolute atomic E-state index is 12.2. The summed E-state index contributed by atoms with van der Waals surface area (Å²) in [4.78, 5) is 13.9. The third-order valence-electron chi connectivity index (χ3n) is 7.22. The van der Waals surface area contributed by atoms with Crippen molar-refractivity contribution in [3.63, 3.8) is 0 Å². The molecule has 0 spiro atoms. The fourth-order valence-corrected chi connectivity index (χ4v) is 6.80. The van der Waals surface area contributed by atoms with Crippen molar-refractivity contribution in [1.29, 1.82) is 0 Å². The molecular formula is C27H39IN5O3Si. The Morgan fingerprint density at radius 3 is 2.41 bits per heavy atom. The minimum Gasteiger partial charge on any atom is -0.386 e. The van der Waals surface area contributed by atoms with Gasteiger partial charge in [0.2, 0.25) is 0 Å². The number of hydrogen-bond donors (Lipinski definition) is 2. The molecule has 1 aromatic carbocycles. The molecule has 0 saturated carbocycles. The van der Waals surface area contributed by atoms with Crippen LogP contribution in [0, 0.1) is 8.99 Å². The minimum absolute atomic E-state index is 0.304. The predicted octanol–water partition coefficient (Wildman–Crippen LogP) is 5.37. The third-order valence-corrected chi connectivity index (χ3v) is 10.0. The molecule has 201 valence electrons. The number of anilines is 1. The van der Waals surface area contributed by atoms with E-state index < -0.39 is 31.3 Å². The summed E-state index contributed by atoms with van der Waals surface area (Å²) < 4.78 is 16.3. The maximum Gasteiger partial charge on any atom is 0.167 e. The van der Waals surface area contributed by atoms with Gasteiger partial charge in [-0.05, 0) is 66.5 Å². The number of imidazole rings is 1. The molecule has 3 atom stereocenters. The zero-order valence-corrected chi connectivity index (χ0v) is 26.3. The van der Waals surface area contributed by atoms with Crippen LogP contribution >= 0.6 is 22.6 Å². The van der Waals surface area contributed by atoms with E-state index in [0.717, 1.165) is 5.56 Å². The quantitative estimate of drug-likeness (QED) is 0.266. The Morgan fingerprint density at radius 1 is 1.14 bits per heavy atom. The molecular weight excluding hydrogens is 597 g/mol. The van der Waals surface area contributed by atoms with Crippen molar-refractivity contribution in [3.8, 4) is 0 Å². The lowest BCUT2D eigenvalue weighted by atomic mass is 9.72. The fourth-order valence-electron chi connectivity index (χ4n) is 4.79. The molecule has 0 bridgehead atoms. The number of fused-ring (bicyclic) bond motifs is 1. The minimum atomic E-state index is -1.17. The highest BCUT2D eigenvalue weighted by atomic mass is 127. The summed E-state index contributed by atoms with van der Waals surface area (Å²) in [6.07, 6.45) is 3.30. The number of nitrogens with zero attached hydrogens (tertiary/aromatic N) is 4. The summed E-state index contributed by atoms with van der Waals surface area (Å²) in [5.74, 6) is 0.676. The van der Waals surface area contributed by atoms with E-state index >= 15 is 0 Å². The summed E-state index contributed by atoms with van der Waals surface area (Å²) in [6.45, 7) is 17.6. The second-order valence-corrected chi connectivity index (χ2v) is 16.2. The number of aliphatic hydroxyl groups is 1. The Bertz CT molecular complexity index is 1240. The normalized spacial score (nSPS) is 24.8. The Morgan fingerprint density at radius 2 is 1.81 bits per heavy atom. The van der Waals surface area contributed by atoms with Crippen LogP contribution in [0.3, 0.4) is 0 Å². The van der Waals surface area contributed by atoms with Crippen LogP contribution in [0.25, 0.3) is 11.2 Å². The number of benzene rings is 1. The van der Waals surface area contributed by atoms with E-state index in [1.165, 1.54) is 3.57 Å². The van der Waals surface area contributed by atoms with E-state index in [-0.39, 0.29) is 5.60 Å². The second kappa shape index (κ2) is 10.2. The Hall–Kier alpha value is -1.60. The molecule has 1 saturated heterocycles. The molecule has 8 nitrogen and oxygen atoms in total. The van der Waals surface area contributed by atoms with Gasteiger partial charge in [0, 0.05) is 16.5 Å². The number of nitrogens with one attached hydrogen (secondary N) is 1. The van der Waals surface area contributed by atoms with Gasteiger partial charge in [0.05, 0.1) is 18.5 Å². The van der Waals surface area contributed by atoms with Gasteiger partial charge in [0.15, 0.2) is 17.0 Å². The van der Waals surface area contributed by atoms with E-state index in [4.69, 9.17) is 14.5 Å². The summed E-state index contributed by atoms with van der Waals surface area (Å²) in [5, 5.41) is 14.8. The SMILES string of the molecule is C[Si](C)[C@]1(n2cnc3c(NCc4ccc(I)cc4)ncnc32)C[C@@](O)(C(C)(C)C)[C@@H](COC(C)(C)C)O1. The lowest BCUT2D eigenvalue weighted by Crippen LogP contribution is -2.52. The van der Waals surface area contributed by atoms with Crippen LogP contribution in [0.1, 0.15) is 53.5 Å². The molecule has 2 aromatic heterocycles. The van der Waals surface area contributed by atoms with Gasteiger partial charge in [-0.1, -0.05) is 46.0 Å². The first-order chi connectivity index (χ1) is 17.2. The molecule has 0 aliphatic carbocycles. The third kappa shape index (κ3) is 5.59. The fraction of sp³-hybridized carbons (Fsp3) is 0.593. The number of ether oxygens (including phenoxy) is 2. The van der Waals surface area contributed by atoms with Crippen LogP contribution in [0.5, 0.6) is 0 Å². The van der Waals surface area contributed by atoms with Crippen molar-refractivity contribution < 1.29 is 14.6 Å². The van der Waals surface area contributed by atoms with Gasteiger partial charge in [-0.2, -0.15) is 0 Å². The van der Waals surface area contributed by atoms with Crippen molar-refractivity contribution >= 4 is 48.4 Å². The van der Waals surface area contributed by atoms with Gasteiger partial charge in [0.1, 0.15) is 32.2 Å². The van der Waals surface area contributed by atoms with E-state index in [1.54, 1.807) is 12.7 Å². The zero-order chi connectivity index (χ0) is 27.2. The molecule has 1 aliphatic rings. The first-order valence-electron chi connectivity index (χ1n) is 12.7. The molecule has 37 heavy (non-hydrogen) atoms. The molecule has 0 unspecified atom stereocenters. The number of hydrogen-bond acceptors (Lipinski definition) is 7. The highest BCUT2D eigenvalue weighted by Crippen LogP contribution is 2.52. The summed E-state index contributed by atoms with van der Waals surface area (Å²) >= 11 is 2.30. The molecule has 3 heterocycles. The van der Waals surface area contributed by atoms with Gasteiger partial charge in [-0.25, -0.2) is 15.0 Å². The molecule has 0 amide bonds. The topological polar surface area (TPSA) is 94.3 Å². The Balaban J connectivity index is 1.72. The van der Waals surface area contributed by atoms with Gasteiger partial charge in [0.25, 0.3) is 0 Å². The first-order valence-corrected chi connectivity index (χ1v) is 16.3. The Labute approximate surface area is 235 Å². The van der Waals surface area contributed by atoms with Gasteiger partial charge in [-0.15, -0.1) is 0 Å². The molecule has 4 rings (SSSR count). The lowest BCUT2D eigenvalue weighted by molar-refractivity contribution is -0.159. The largest absolute Gasteiger partial charge is 0.386 e. The molecule has 10 heteroatoms. The average molecular weight is 637 g/mol. The zero-order valence-electron chi connectivity index (χ0n) is 23.1. The van der Waals surface area contributed by atoms with Crippen LogP contribution in [0.15, 0.2) is 36.9 Å². The predicted molar refractivity (Wildman–Crippen MR) is 157 cm³/mol. The summed E-state index contributed by atoms with van der Waals surface area (Å²) in [5.41, 5.74) is 0.672. The second-order valence-electron chi connectivity index (χ2n) is 12.2. The van der Waals surface area contributed by atoms with E-state index in [0.29, 0.717) is 36.6 Å². The molecule has 1 fully saturated rings. The number of halogens is 1. The standard InChI is InChI=1S/C27H39IN5O3Si/c1-24(2,3)26(34)15-27(37(7)8,36-20(26)14-35-25(4,5)6)33-17-32-21-22(30-16-31-23(21)33)29-13-18-9-11-19(28)12-10-18/h9-12,16-17,20,34H,13-15H2,1-8H3,(H,29,30,31)/t20-,26+,27+/m1/s1. The number of aromatic nitrogens is 4. The van der Waals surface area contributed by atoms with Crippen molar-refractivity contribution in [1.82, 2.24) is 19.5 Å². The van der Waals surface area contributed by atoms with E-state index in [9.17, 15) is 5.11 Å². The molecule has 2 N–H and O–H groups in total. The van der Waals surface area contributed by atoms with Crippen LogP contribution in [-0.2, 0) is 21.4 Å². The van der Waals surface area contributed by atoms with Crippen molar-refractivity contribution in [2.75, 3.05) is 11.9 Å².